The maximum Gasteiger partial charge on any atom is 0.0499 e. The van der Waals surface area contributed by atoms with E-state index in [0.29, 0.717) is 17.4 Å². The first kappa shape index (κ1) is 13.3. The number of nitrogens with one attached hydrogen (secondary N) is 1. The van der Waals surface area contributed by atoms with E-state index in [1.54, 1.807) is 7.11 Å². The zero-order valence-corrected chi connectivity index (χ0v) is 11.3. The van der Waals surface area contributed by atoms with E-state index in [4.69, 9.17) is 9.47 Å². The summed E-state index contributed by atoms with van der Waals surface area (Å²) in [4.78, 5) is 0. The zero-order valence-electron chi connectivity index (χ0n) is 11.3. The molecule has 1 saturated carbocycles. The summed E-state index contributed by atoms with van der Waals surface area (Å²) < 4.78 is 10.7. The monoisotopic (exact) mass is 241 g/mol. The van der Waals surface area contributed by atoms with Gasteiger partial charge in [0.2, 0.25) is 0 Å². The van der Waals surface area contributed by atoms with Crippen molar-refractivity contribution < 1.29 is 9.47 Å². The number of hydrogen-bond acceptors (Lipinski definition) is 3. The number of hydrogen-bond donors (Lipinski definition) is 1. The first-order chi connectivity index (χ1) is 8.27. The standard InChI is InChI=1S/C14H27NO2/c1-12(11-16-2)10-15-13-4-3-5-14(13)6-8-17-9-7-14/h12-13,15H,3-11H2,1-2H3. The summed E-state index contributed by atoms with van der Waals surface area (Å²) in [5.41, 5.74) is 0.547. The van der Waals surface area contributed by atoms with Gasteiger partial charge in [-0.3, -0.25) is 0 Å². The maximum atomic E-state index is 5.52. The van der Waals surface area contributed by atoms with Gasteiger partial charge in [0.25, 0.3) is 0 Å². The third-order valence-corrected chi connectivity index (χ3v) is 4.56. The zero-order chi connectivity index (χ0) is 12.1. The van der Waals surface area contributed by atoms with E-state index in [-0.39, 0.29) is 0 Å². The summed E-state index contributed by atoms with van der Waals surface area (Å²) >= 11 is 0. The Kier molecular flexibility index (Phi) is 4.83. The van der Waals surface area contributed by atoms with E-state index >= 15 is 0 Å². The molecule has 1 N–H and O–H groups in total. The number of methoxy groups -OCH3 is 1. The molecule has 0 amide bonds. The van der Waals surface area contributed by atoms with Crippen molar-refractivity contribution in [2.24, 2.45) is 11.3 Å². The molecule has 0 aromatic rings. The van der Waals surface area contributed by atoms with Crippen LogP contribution in [-0.4, -0.2) is 39.5 Å². The first-order valence-corrected chi connectivity index (χ1v) is 7.07. The lowest BCUT2D eigenvalue weighted by Gasteiger charge is -2.39. The fourth-order valence-electron chi connectivity index (χ4n) is 3.52. The van der Waals surface area contributed by atoms with Gasteiger partial charge in [0, 0.05) is 39.5 Å². The van der Waals surface area contributed by atoms with Gasteiger partial charge in [-0.15, -0.1) is 0 Å². The van der Waals surface area contributed by atoms with E-state index in [1.807, 2.05) is 0 Å². The summed E-state index contributed by atoms with van der Waals surface area (Å²) in [7, 11) is 1.78. The quantitative estimate of drug-likeness (QED) is 0.800. The lowest BCUT2D eigenvalue weighted by molar-refractivity contribution is 0.00340. The van der Waals surface area contributed by atoms with Crippen LogP contribution in [0.1, 0.15) is 39.0 Å². The van der Waals surface area contributed by atoms with E-state index in [2.05, 4.69) is 12.2 Å². The Morgan fingerprint density at radius 2 is 2.12 bits per heavy atom. The molecule has 0 radical (unpaired) electrons. The van der Waals surface area contributed by atoms with Crippen molar-refractivity contribution in [3.8, 4) is 0 Å². The van der Waals surface area contributed by atoms with Crippen LogP contribution in [0.25, 0.3) is 0 Å². The van der Waals surface area contributed by atoms with Gasteiger partial charge in [0.1, 0.15) is 0 Å². The molecule has 2 rings (SSSR count). The highest BCUT2D eigenvalue weighted by Gasteiger charge is 2.43. The van der Waals surface area contributed by atoms with Crippen molar-refractivity contribution in [3.63, 3.8) is 0 Å². The minimum atomic E-state index is 0.547. The molecule has 100 valence electrons. The molecular formula is C14H27NO2. The van der Waals surface area contributed by atoms with Gasteiger partial charge < -0.3 is 14.8 Å². The van der Waals surface area contributed by atoms with Gasteiger partial charge in [0.15, 0.2) is 0 Å². The van der Waals surface area contributed by atoms with Crippen LogP contribution in [0.4, 0.5) is 0 Å². The highest BCUT2D eigenvalue weighted by molar-refractivity contribution is 4.97. The fourth-order valence-corrected chi connectivity index (χ4v) is 3.52. The summed E-state index contributed by atoms with van der Waals surface area (Å²) in [6.45, 7) is 6.12. The average molecular weight is 241 g/mol. The Hall–Kier alpha value is -0.120. The topological polar surface area (TPSA) is 30.5 Å². The van der Waals surface area contributed by atoms with Gasteiger partial charge in [-0.05, 0) is 37.0 Å². The molecule has 2 aliphatic rings. The van der Waals surface area contributed by atoms with Crippen molar-refractivity contribution in [2.75, 3.05) is 33.5 Å². The Labute approximate surface area is 105 Å². The molecule has 1 spiro atoms. The van der Waals surface area contributed by atoms with Crippen LogP contribution in [0.15, 0.2) is 0 Å². The normalized spacial score (nSPS) is 29.6. The molecule has 2 fully saturated rings. The third-order valence-electron chi connectivity index (χ3n) is 4.56. The molecule has 0 bridgehead atoms. The molecule has 1 saturated heterocycles. The van der Waals surface area contributed by atoms with Gasteiger partial charge in [-0.25, -0.2) is 0 Å². The second-order valence-electron chi connectivity index (χ2n) is 5.89. The fraction of sp³-hybridized carbons (Fsp3) is 1.00. The van der Waals surface area contributed by atoms with Gasteiger partial charge in [-0.2, -0.15) is 0 Å². The Morgan fingerprint density at radius 3 is 2.82 bits per heavy atom. The molecule has 3 heteroatoms. The predicted molar refractivity (Wildman–Crippen MR) is 69.2 cm³/mol. The largest absolute Gasteiger partial charge is 0.384 e. The highest BCUT2D eigenvalue weighted by atomic mass is 16.5. The molecule has 1 heterocycles. The third kappa shape index (κ3) is 3.21. The van der Waals surface area contributed by atoms with Crippen LogP contribution >= 0.6 is 0 Å². The molecule has 2 unspecified atom stereocenters. The van der Waals surface area contributed by atoms with Crippen molar-refractivity contribution in [2.45, 2.75) is 45.1 Å². The van der Waals surface area contributed by atoms with E-state index in [9.17, 15) is 0 Å². The van der Waals surface area contributed by atoms with Crippen molar-refractivity contribution >= 4 is 0 Å². The highest BCUT2D eigenvalue weighted by Crippen LogP contribution is 2.45. The van der Waals surface area contributed by atoms with E-state index < -0.39 is 0 Å². The second kappa shape index (κ2) is 6.17. The average Bonchev–Trinajstić information content (AvgIpc) is 2.71. The summed E-state index contributed by atoms with van der Waals surface area (Å²) in [5, 5.41) is 3.79. The van der Waals surface area contributed by atoms with Crippen LogP contribution in [0.2, 0.25) is 0 Å². The number of rotatable bonds is 5. The molecular weight excluding hydrogens is 214 g/mol. The Balaban J connectivity index is 1.82. The molecule has 1 aliphatic heterocycles. The van der Waals surface area contributed by atoms with Crippen LogP contribution in [-0.2, 0) is 9.47 Å². The molecule has 17 heavy (non-hydrogen) atoms. The van der Waals surface area contributed by atoms with Crippen molar-refractivity contribution in [1.29, 1.82) is 0 Å². The van der Waals surface area contributed by atoms with Crippen LogP contribution < -0.4 is 5.32 Å². The van der Waals surface area contributed by atoms with Crippen LogP contribution in [0, 0.1) is 11.3 Å². The van der Waals surface area contributed by atoms with Gasteiger partial charge >= 0.3 is 0 Å². The molecule has 3 nitrogen and oxygen atoms in total. The number of ether oxygens (including phenoxy) is 2. The van der Waals surface area contributed by atoms with Crippen molar-refractivity contribution in [1.82, 2.24) is 5.32 Å². The second-order valence-corrected chi connectivity index (χ2v) is 5.89. The maximum absolute atomic E-state index is 5.52. The van der Waals surface area contributed by atoms with E-state index in [1.165, 1.54) is 32.1 Å². The lowest BCUT2D eigenvalue weighted by Crippen LogP contribution is -2.46. The Bertz CT molecular complexity index is 226. The molecule has 1 aliphatic carbocycles. The van der Waals surface area contributed by atoms with Crippen LogP contribution in [0.5, 0.6) is 0 Å². The first-order valence-electron chi connectivity index (χ1n) is 7.07. The lowest BCUT2D eigenvalue weighted by atomic mass is 9.75. The van der Waals surface area contributed by atoms with Gasteiger partial charge in [0.05, 0.1) is 0 Å². The minimum Gasteiger partial charge on any atom is -0.384 e. The predicted octanol–water partition coefficient (Wildman–Crippen LogP) is 2.21. The van der Waals surface area contributed by atoms with Gasteiger partial charge in [-0.1, -0.05) is 13.3 Å². The molecule has 0 aromatic carbocycles. The van der Waals surface area contributed by atoms with Crippen molar-refractivity contribution in [3.05, 3.63) is 0 Å². The summed E-state index contributed by atoms with van der Waals surface area (Å²) in [6, 6.07) is 0.714. The molecule has 0 aromatic heterocycles. The van der Waals surface area contributed by atoms with Crippen LogP contribution in [0.3, 0.4) is 0 Å². The minimum absolute atomic E-state index is 0.547. The smallest absolute Gasteiger partial charge is 0.0499 e. The molecule has 2 atom stereocenters. The summed E-state index contributed by atoms with van der Waals surface area (Å²) in [5.74, 6) is 0.609. The SMILES string of the molecule is COCC(C)CNC1CCCC12CCOCC2. The van der Waals surface area contributed by atoms with E-state index in [0.717, 1.165) is 26.4 Å². The Morgan fingerprint density at radius 1 is 1.35 bits per heavy atom. The summed E-state index contributed by atoms with van der Waals surface area (Å²) in [6.07, 6.45) is 6.63.